The maximum Gasteiger partial charge on any atom is 0.226 e. The van der Waals surface area contributed by atoms with E-state index in [1.54, 1.807) is 0 Å². The van der Waals surface area contributed by atoms with Gasteiger partial charge in [-0.3, -0.25) is 4.79 Å². The van der Waals surface area contributed by atoms with Crippen molar-refractivity contribution in [3.05, 3.63) is 0 Å². The predicted molar refractivity (Wildman–Crippen MR) is 76.7 cm³/mol. The number of hydrogen-bond donors (Lipinski definition) is 1. The monoisotopic (exact) mass is 267 g/mol. The number of aliphatic hydroxyl groups is 1. The largest absolute Gasteiger partial charge is 0.391 e. The highest BCUT2D eigenvalue weighted by Gasteiger charge is 2.33. The third-order valence-corrected chi connectivity index (χ3v) is 4.91. The zero-order chi connectivity index (χ0) is 13.8. The van der Waals surface area contributed by atoms with Gasteiger partial charge in [-0.05, 0) is 24.7 Å². The molecule has 19 heavy (non-hydrogen) atoms. The van der Waals surface area contributed by atoms with Crippen molar-refractivity contribution >= 4 is 5.91 Å². The lowest BCUT2D eigenvalue weighted by Crippen LogP contribution is -2.38. The van der Waals surface area contributed by atoms with Crippen LogP contribution >= 0.6 is 0 Å². The molecule has 3 heteroatoms. The van der Waals surface area contributed by atoms with Gasteiger partial charge < -0.3 is 10.0 Å². The molecule has 1 amide bonds. The summed E-state index contributed by atoms with van der Waals surface area (Å²) in [5, 5.41) is 9.60. The second kappa shape index (κ2) is 6.74. The van der Waals surface area contributed by atoms with Gasteiger partial charge in [0.25, 0.3) is 0 Å². The Hall–Kier alpha value is -0.570. The van der Waals surface area contributed by atoms with E-state index in [0.29, 0.717) is 12.5 Å². The molecule has 110 valence electrons. The van der Waals surface area contributed by atoms with Crippen molar-refractivity contribution in [3.63, 3.8) is 0 Å². The summed E-state index contributed by atoms with van der Waals surface area (Å²) >= 11 is 0. The molecule has 1 saturated carbocycles. The molecule has 1 heterocycles. The van der Waals surface area contributed by atoms with Crippen molar-refractivity contribution in [2.75, 3.05) is 13.1 Å². The van der Waals surface area contributed by atoms with Gasteiger partial charge in [-0.25, -0.2) is 0 Å². The molecular weight excluding hydrogens is 238 g/mol. The fourth-order valence-electron chi connectivity index (χ4n) is 3.62. The molecule has 0 spiro atoms. The fraction of sp³-hybridized carbons (Fsp3) is 0.938. The molecule has 0 aromatic carbocycles. The Labute approximate surface area is 117 Å². The van der Waals surface area contributed by atoms with Gasteiger partial charge in [0.2, 0.25) is 5.91 Å². The van der Waals surface area contributed by atoms with Gasteiger partial charge in [0.1, 0.15) is 0 Å². The molecule has 0 radical (unpaired) electrons. The lowest BCUT2D eigenvalue weighted by atomic mass is 9.79. The second-order valence-corrected chi connectivity index (χ2v) is 6.82. The summed E-state index contributed by atoms with van der Waals surface area (Å²) in [6.07, 6.45) is 8.17. The van der Waals surface area contributed by atoms with Crippen LogP contribution in [0.4, 0.5) is 0 Å². The molecule has 1 N–H and O–H groups in total. The Morgan fingerprint density at radius 1 is 1.21 bits per heavy atom. The van der Waals surface area contributed by atoms with E-state index < -0.39 is 0 Å². The lowest BCUT2D eigenvalue weighted by molar-refractivity contribution is -0.137. The number of amides is 1. The van der Waals surface area contributed by atoms with Crippen molar-refractivity contribution in [1.82, 2.24) is 4.90 Å². The van der Waals surface area contributed by atoms with Gasteiger partial charge in [-0.1, -0.05) is 46.0 Å². The summed E-state index contributed by atoms with van der Waals surface area (Å²) in [7, 11) is 0. The van der Waals surface area contributed by atoms with Crippen molar-refractivity contribution in [2.45, 2.75) is 64.9 Å². The first-order chi connectivity index (χ1) is 9.08. The first kappa shape index (κ1) is 14.8. The van der Waals surface area contributed by atoms with Crippen LogP contribution in [0.25, 0.3) is 0 Å². The van der Waals surface area contributed by atoms with Gasteiger partial charge in [-0.15, -0.1) is 0 Å². The van der Waals surface area contributed by atoms with Crippen LogP contribution in [0.1, 0.15) is 58.8 Å². The molecule has 1 aliphatic heterocycles. The number of hydrogen-bond acceptors (Lipinski definition) is 2. The minimum Gasteiger partial charge on any atom is -0.391 e. The van der Waals surface area contributed by atoms with Crippen molar-refractivity contribution in [1.29, 1.82) is 0 Å². The van der Waals surface area contributed by atoms with Crippen molar-refractivity contribution in [3.8, 4) is 0 Å². The van der Waals surface area contributed by atoms with Crippen LogP contribution in [0.15, 0.2) is 0 Å². The van der Waals surface area contributed by atoms with Crippen LogP contribution in [0.5, 0.6) is 0 Å². The first-order valence-electron chi connectivity index (χ1n) is 8.04. The topological polar surface area (TPSA) is 40.5 Å². The molecule has 0 aromatic rings. The van der Waals surface area contributed by atoms with E-state index in [-0.39, 0.29) is 17.9 Å². The summed E-state index contributed by atoms with van der Waals surface area (Å²) in [5.41, 5.74) is 0. The van der Waals surface area contributed by atoms with E-state index >= 15 is 0 Å². The van der Waals surface area contributed by atoms with Crippen LogP contribution in [0.2, 0.25) is 0 Å². The highest BCUT2D eigenvalue weighted by Crippen LogP contribution is 2.33. The highest BCUT2D eigenvalue weighted by atomic mass is 16.3. The SMILES string of the molecule is CC(C)C(CC1CCCCC1)C(=O)N1CC[C@@H](O)C1. The van der Waals surface area contributed by atoms with Crippen LogP contribution in [0.3, 0.4) is 0 Å². The number of β-amino-alcohol motifs (C(OH)–C–C–N with tert-alkyl or cyclic N) is 1. The van der Waals surface area contributed by atoms with Gasteiger partial charge in [-0.2, -0.15) is 0 Å². The molecule has 2 rings (SSSR count). The van der Waals surface area contributed by atoms with E-state index in [4.69, 9.17) is 0 Å². The molecule has 2 fully saturated rings. The number of likely N-dealkylation sites (tertiary alicyclic amines) is 1. The van der Waals surface area contributed by atoms with Crippen LogP contribution in [0, 0.1) is 17.8 Å². The Balaban J connectivity index is 1.92. The third kappa shape index (κ3) is 3.95. The summed E-state index contributed by atoms with van der Waals surface area (Å²) < 4.78 is 0. The predicted octanol–water partition coefficient (Wildman–Crippen LogP) is 2.82. The van der Waals surface area contributed by atoms with Crippen LogP contribution < -0.4 is 0 Å². The maximum absolute atomic E-state index is 12.6. The molecule has 1 saturated heterocycles. The molecular formula is C16H29NO2. The molecule has 2 atom stereocenters. The van der Waals surface area contributed by atoms with E-state index in [9.17, 15) is 9.90 Å². The van der Waals surface area contributed by atoms with E-state index in [2.05, 4.69) is 13.8 Å². The summed E-state index contributed by atoms with van der Waals surface area (Å²) in [6.45, 7) is 5.62. The average molecular weight is 267 g/mol. The first-order valence-corrected chi connectivity index (χ1v) is 8.04. The number of carbonyl (C=O) groups is 1. The maximum atomic E-state index is 12.6. The minimum absolute atomic E-state index is 0.161. The van der Waals surface area contributed by atoms with Crippen molar-refractivity contribution < 1.29 is 9.90 Å². The quantitative estimate of drug-likeness (QED) is 0.851. The molecule has 3 nitrogen and oxygen atoms in total. The number of nitrogens with zero attached hydrogens (tertiary/aromatic N) is 1. The minimum atomic E-state index is -0.300. The Kier molecular flexibility index (Phi) is 5.26. The lowest BCUT2D eigenvalue weighted by Gasteiger charge is -2.30. The average Bonchev–Trinajstić information content (AvgIpc) is 2.83. The zero-order valence-corrected chi connectivity index (χ0v) is 12.5. The van der Waals surface area contributed by atoms with E-state index in [1.807, 2.05) is 4.90 Å². The Morgan fingerprint density at radius 2 is 1.89 bits per heavy atom. The van der Waals surface area contributed by atoms with E-state index in [0.717, 1.165) is 25.3 Å². The van der Waals surface area contributed by atoms with Gasteiger partial charge in [0.05, 0.1) is 6.10 Å². The molecule has 0 bridgehead atoms. The summed E-state index contributed by atoms with van der Waals surface area (Å²) in [6, 6.07) is 0. The molecule has 0 aromatic heterocycles. The van der Waals surface area contributed by atoms with Gasteiger partial charge in [0, 0.05) is 19.0 Å². The Morgan fingerprint density at radius 3 is 2.42 bits per heavy atom. The van der Waals surface area contributed by atoms with Crippen LogP contribution in [-0.2, 0) is 4.79 Å². The van der Waals surface area contributed by atoms with Crippen LogP contribution in [-0.4, -0.2) is 35.1 Å². The summed E-state index contributed by atoms with van der Waals surface area (Å²) in [4.78, 5) is 14.5. The fourth-order valence-corrected chi connectivity index (χ4v) is 3.62. The second-order valence-electron chi connectivity index (χ2n) is 6.82. The third-order valence-electron chi connectivity index (χ3n) is 4.91. The molecule has 2 aliphatic rings. The van der Waals surface area contributed by atoms with Crippen molar-refractivity contribution in [2.24, 2.45) is 17.8 Å². The molecule has 1 aliphatic carbocycles. The highest BCUT2D eigenvalue weighted by molar-refractivity contribution is 5.79. The Bertz CT molecular complexity index is 297. The summed E-state index contributed by atoms with van der Waals surface area (Å²) in [5.74, 6) is 1.61. The smallest absolute Gasteiger partial charge is 0.226 e. The standard InChI is InChI=1S/C16H29NO2/c1-12(2)15(10-13-6-4-3-5-7-13)16(19)17-9-8-14(18)11-17/h12-15,18H,3-11H2,1-2H3/t14-,15?/m1/s1. The van der Waals surface area contributed by atoms with Gasteiger partial charge in [0.15, 0.2) is 0 Å². The van der Waals surface area contributed by atoms with Gasteiger partial charge >= 0.3 is 0 Å². The van der Waals surface area contributed by atoms with E-state index in [1.165, 1.54) is 32.1 Å². The number of carbonyl (C=O) groups excluding carboxylic acids is 1. The zero-order valence-electron chi connectivity index (χ0n) is 12.5. The number of aliphatic hydroxyl groups excluding tert-OH is 1. The normalized spacial score (nSPS) is 26.9. The number of rotatable bonds is 4. The molecule has 1 unspecified atom stereocenters.